The Balaban J connectivity index is 1.76. The molecule has 0 aromatic heterocycles. The summed E-state index contributed by atoms with van der Waals surface area (Å²) in [4.78, 5) is 5.04. The number of nitrogens with zero attached hydrogens (tertiary/aromatic N) is 2. The van der Waals surface area contributed by atoms with Crippen molar-refractivity contribution in [1.82, 2.24) is 9.80 Å². The van der Waals surface area contributed by atoms with Crippen molar-refractivity contribution in [3.8, 4) is 0 Å². The van der Waals surface area contributed by atoms with Crippen molar-refractivity contribution in [2.75, 3.05) is 40.3 Å². The maximum absolute atomic E-state index is 2.52. The third kappa shape index (κ3) is 0.775. The van der Waals surface area contributed by atoms with Gasteiger partial charge in [0.05, 0.1) is 0 Å². The summed E-state index contributed by atoms with van der Waals surface area (Å²) in [5, 5.41) is 0. The Morgan fingerprint density at radius 2 is 0.917 bits per heavy atom. The number of rotatable bonds is 0. The number of likely N-dealkylation sites (tertiary alicyclic amines) is 2. The van der Waals surface area contributed by atoms with E-state index in [9.17, 15) is 0 Å². The standard InChI is InChI=1S/C10H18N2/c1-11-3-7-8(4-11)10-6-12(2)5-9(7)10/h7-10H,3-6H2,1-2H3. The van der Waals surface area contributed by atoms with E-state index >= 15 is 0 Å². The van der Waals surface area contributed by atoms with Crippen LogP contribution in [0.1, 0.15) is 0 Å². The second-order valence-corrected chi connectivity index (χ2v) is 5.10. The quantitative estimate of drug-likeness (QED) is 0.512. The van der Waals surface area contributed by atoms with Crippen molar-refractivity contribution in [3.05, 3.63) is 0 Å². The van der Waals surface area contributed by atoms with Gasteiger partial charge in [0, 0.05) is 26.2 Å². The first-order valence-electron chi connectivity index (χ1n) is 5.13. The number of hydrogen-bond acceptors (Lipinski definition) is 2. The minimum Gasteiger partial charge on any atom is -0.306 e. The highest BCUT2D eigenvalue weighted by atomic mass is 15.2. The van der Waals surface area contributed by atoms with Crippen molar-refractivity contribution in [2.24, 2.45) is 23.7 Å². The first-order valence-corrected chi connectivity index (χ1v) is 5.13. The van der Waals surface area contributed by atoms with Crippen molar-refractivity contribution < 1.29 is 0 Å². The van der Waals surface area contributed by atoms with Crippen LogP contribution in [0.3, 0.4) is 0 Å². The Hall–Kier alpha value is -0.0800. The van der Waals surface area contributed by atoms with Gasteiger partial charge in [-0.3, -0.25) is 0 Å². The molecule has 2 saturated heterocycles. The SMILES string of the molecule is CN1CC2C(C1)C1CN(C)CC21. The first kappa shape index (κ1) is 7.34. The second-order valence-electron chi connectivity index (χ2n) is 5.10. The molecule has 0 spiro atoms. The molecule has 2 heteroatoms. The van der Waals surface area contributed by atoms with E-state index in [1.165, 1.54) is 26.2 Å². The summed E-state index contributed by atoms with van der Waals surface area (Å²) in [6.07, 6.45) is 0. The molecule has 3 fully saturated rings. The molecular weight excluding hydrogens is 148 g/mol. The monoisotopic (exact) mass is 166 g/mol. The van der Waals surface area contributed by atoms with Gasteiger partial charge in [-0.05, 0) is 37.8 Å². The van der Waals surface area contributed by atoms with Crippen LogP contribution in [-0.2, 0) is 0 Å². The summed E-state index contributed by atoms with van der Waals surface area (Å²) < 4.78 is 0. The largest absolute Gasteiger partial charge is 0.306 e. The average Bonchev–Trinajstić information content (AvgIpc) is 2.51. The molecule has 3 rings (SSSR count). The summed E-state index contributed by atoms with van der Waals surface area (Å²) in [6, 6.07) is 0. The highest BCUT2D eigenvalue weighted by molar-refractivity contribution is 5.07. The van der Waals surface area contributed by atoms with Crippen molar-refractivity contribution in [1.29, 1.82) is 0 Å². The van der Waals surface area contributed by atoms with Crippen LogP contribution in [0.4, 0.5) is 0 Å². The van der Waals surface area contributed by atoms with Crippen LogP contribution in [0.2, 0.25) is 0 Å². The zero-order valence-corrected chi connectivity index (χ0v) is 8.03. The molecule has 12 heavy (non-hydrogen) atoms. The normalized spacial score (nSPS) is 53.5. The molecule has 0 amide bonds. The predicted octanol–water partition coefficient (Wildman–Crippen LogP) is 0.356. The lowest BCUT2D eigenvalue weighted by Crippen LogP contribution is -2.44. The first-order chi connectivity index (χ1) is 5.75. The molecule has 1 aliphatic carbocycles. The van der Waals surface area contributed by atoms with E-state index < -0.39 is 0 Å². The highest BCUT2D eigenvalue weighted by Crippen LogP contribution is 2.53. The van der Waals surface area contributed by atoms with E-state index in [1.54, 1.807) is 0 Å². The summed E-state index contributed by atoms with van der Waals surface area (Å²) in [6.45, 7) is 5.50. The smallest absolute Gasteiger partial charge is 0.00132 e. The van der Waals surface area contributed by atoms with Crippen LogP contribution in [-0.4, -0.2) is 50.1 Å². The molecule has 0 unspecified atom stereocenters. The molecule has 68 valence electrons. The maximum Gasteiger partial charge on any atom is 0.00132 e. The summed E-state index contributed by atoms with van der Waals surface area (Å²) >= 11 is 0. The van der Waals surface area contributed by atoms with Crippen LogP contribution in [0.25, 0.3) is 0 Å². The molecule has 0 aromatic rings. The molecule has 2 nitrogen and oxygen atoms in total. The summed E-state index contributed by atoms with van der Waals surface area (Å²) in [5.41, 5.74) is 0. The van der Waals surface area contributed by atoms with Gasteiger partial charge in [0.15, 0.2) is 0 Å². The fraction of sp³-hybridized carbons (Fsp3) is 1.00. The van der Waals surface area contributed by atoms with Crippen LogP contribution in [0, 0.1) is 23.7 Å². The summed E-state index contributed by atoms with van der Waals surface area (Å²) in [5.74, 6) is 4.24. The molecule has 3 aliphatic rings. The topological polar surface area (TPSA) is 6.48 Å². The summed E-state index contributed by atoms with van der Waals surface area (Å²) in [7, 11) is 4.55. The van der Waals surface area contributed by atoms with E-state index in [4.69, 9.17) is 0 Å². The van der Waals surface area contributed by atoms with Crippen molar-refractivity contribution in [2.45, 2.75) is 0 Å². The molecule has 2 aliphatic heterocycles. The van der Waals surface area contributed by atoms with Gasteiger partial charge in [0.1, 0.15) is 0 Å². The number of hydrogen-bond donors (Lipinski definition) is 0. The Morgan fingerprint density at radius 1 is 0.667 bits per heavy atom. The van der Waals surface area contributed by atoms with Crippen LogP contribution in [0.5, 0.6) is 0 Å². The van der Waals surface area contributed by atoms with Gasteiger partial charge >= 0.3 is 0 Å². The van der Waals surface area contributed by atoms with Crippen LogP contribution < -0.4 is 0 Å². The predicted molar refractivity (Wildman–Crippen MR) is 49.0 cm³/mol. The lowest BCUT2D eigenvalue weighted by molar-refractivity contribution is 0.0629. The molecule has 0 radical (unpaired) electrons. The van der Waals surface area contributed by atoms with Crippen molar-refractivity contribution >= 4 is 0 Å². The van der Waals surface area contributed by atoms with E-state index in [0.29, 0.717) is 0 Å². The Bertz CT molecular complexity index is 154. The minimum absolute atomic E-state index is 1.06. The Labute approximate surface area is 74.5 Å². The van der Waals surface area contributed by atoms with Crippen LogP contribution in [0.15, 0.2) is 0 Å². The fourth-order valence-corrected chi connectivity index (χ4v) is 3.80. The molecule has 1 saturated carbocycles. The zero-order valence-electron chi connectivity index (χ0n) is 8.03. The Morgan fingerprint density at radius 3 is 1.17 bits per heavy atom. The molecule has 0 N–H and O–H groups in total. The zero-order chi connectivity index (χ0) is 8.29. The molecule has 0 bridgehead atoms. The van der Waals surface area contributed by atoms with Gasteiger partial charge < -0.3 is 9.80 Å². The minimum atomic E-state index is 1.06. The van der Waals surface area contributed by atoms with E-state index in [-0.39, 0.29) is 0 Å². The van der Waals surface area contributed by atoms with Gasteiger partial charge in [-0.25, -0.2) is 0 Å². The van der Waals surface area contributed by atoms with Gasteiger partial charge in [-0.15, -0.1) is 0 Å². The lowest BCUT2D eigenvalue weighted by Gasteiger charge is -2.43. The van der Waals surface area contributed by atoms with Gasteiger partial charge in [0.2, 0.25) is 0 Å². The molecule has 0 atom stereocenters. The lowest BCUT2D eigenvalue weighted by atomic mass is 9.60. The average molecular weight is 166 g/mol. The third-order valence-corrected chi connectivity index (χ3v) is 4.29. The molecule has 2 heterocycles. The van der Waals surface area contributed by atoms with Gasteiger partial charge in [-0.1, -0.05) is 0 Å². The molecular formula is C10H18N2. The second kappa shape index (κ2) is 2.24. The van der Waals surface area contributed by atoms with Crippen LogP contribution >= 0.6 is 0 Å². The van der Waals surface area contributed by atoms with Gasteiger partial charge in [-0.2, -0.15) is 0 Å². The van der Waals surface area contributed by atoms with E-state index in [2.05, 4.69) is 23.9 Å². The fourth-order valence-electron chi connectivity index (χ4n) is 3.80. The number of fused-ring (bicyclic) bond motifs is 4. The van der Waals surface area contributed by atoms with E-state index in [0.717, 1.165) is 23.7 Å². The van der Waals surface area contributed by atoms with Gasteiger partial charge in [0.25, 0.3) is 0 Å². The third-order valence-electron chi connectivity index (χ3n) is 4.29. The Kier molecular flexibility index (Phi) is 1.37. The highest BCUT2D eigenvalue weighted by Gasteiger charge is 2.56. The molecule has 0 aromatic carbocycles. The van der Waals surface area contributed by atoms with Crippen molar-refractivity contribution in [3.63, 3.8) is 0 Å². The maximum atomic E-state index is 2.52. The van der Waals surface area contributed by atoms with E-state index in [1.807, 2.05) is 0 Å².